The van der Waals surface area contributed by atoms with E-state index in [1.807, 2.05) is 0 Å². The van der Waals surface area contributed by atoms with Gasteiger partial charge < -0.3 is 9.47 Å². The lowest BCUT2D eigenvalue weighted by molar-refractivity contribution is -0.151. The summed E-state index contributed by atoms with van der Waals surface area (Å²) >= 11 is 2.98. The van der Waals surface area contributed by atoms with Gasteiger partial charge in [0.05, 0.1) is 10.4 Å². The summed E-state index contributed by atoms with van der Waals surface area (Å²) in [4.78, 5) is 36.1. The minimum absolute atomic E-state index is 0.0959. The summed E-state index contributed by atoms with van der Waals surface area (Å²) in [6.07, 6.45) is -1.20. The molecule has 1 N–H and O–H groups in total. The molecule has 3 rings (SSSR count). The van der Waals surface area contributed by atoms with Crippen molar-refractivity contribution in [1.82, 2.24) is 9.55 Å². The van der Waals surface area contributed by atoms with Crippen molar-refractivity contribution >= 4 is 21.9 Å². The highest BCUT2D eigenvalue weighted by Gasteiger charge is 2.73. The molecule has 9 heteroatoms. The van der Waals surface area contributed by atoms with E-state index in [2.05, 4.69) is 20.9 Å². The largest absolute Gasteiger partial charge is 0.459 e. The van der Waals surface area contributed by atoms with Crippen molar-refractivity contribution in [2.24, 2.45) is 5.92 Å². The fourth-order valence-electron chi connectivity index (χ4n) is 2.81. The molecule has 1 saturated heterocycles. The Balaban J connectivity index is 1.91. The van der Waals surface area contributed by atoms with Gasteiger partial charge in [-0.1, -0.05) is 0 Å². The van der Waals surface area contributed by atoms with Crippen LogP contribution in [0.5, 0.6) is 0 Å². The third kappa shape index (κ3) is 2.15. The van der Waals surface area contributed by atoms with Crippen LogP contribution in [0.25, 0.3) is 0 Å². The number of nitrogens with zero attached hydrogens (tertiary/aromatic N) is 1. The maximum atomic E-state index is 14.9. The summed E-state index contributed by atoms with van der Waals surface area (Å²) < 4.78 is 26.5. The van der Waals surface area contributed by atoms with Crippen molar-refractivity contribution in [2.45, 2.75) is 38.0 Å². The zero-order valence-corrected chi connectivity index (χ0v) is 12.7. The number of nitrogens with one attached hydrogen (secondary N) is 1. The van der Waals surface area contributed by atoms with Crippen LogP contribution in [0.2, 0.25) is 0 Å². The van der Waals surface area contributed by atoms with Crippen LogP contribution < -0.4 is 11.2 Å². The lowest BCUT2D eigenvalue weighted by Gasteiger charge is -2.27. The molecule has 1 aliphatic heterocycles. The molecule has 1 saturated carbocycles. The van der Waals surface area contributed by atoms with E-state index in [1.54, 1.807) is 0 Å². The first-order valence-electron chi connectivity index (χ1n) is 6.26. The number of aromatic amines is 1. The Hall–Kier alpha value is -1.48. The predicted octanol–water partition coefficient (Wildman–Crippen LogP) is 0.486. The molecule has 1 aromatic rings. The van der Waals surface area contributed by atoms with Gasteiger partial charge in [-0.25, -0.2) is 9.18 Å². The van der Waals surface area contributed by atoms with Gasteiger partial charge in [0.25, 0.3) is 5.56 Å². The molecule has 0 spiro atoms. The van der Waals surface area contributed by atoms with Gasteiger partial charge in [0.1, 0.15) is 12.2 Å². The molecule has 2 heterocycles. The van der Waals surface area contributed by atoms with Crippen LogP contribution in [-0.4, -0.2) is 33.4 Å². The van der Waals surface area contributed by atoms with Crippen LogP contribution in [0.1, 0.15) is 20.1 Å². The molecule has 0 amide bonds. The van der Waals surface area contributed by atoms with E-state index >= 15 is 0 Å². The normalized spacial score (nSPS) is 37.1. The van der Waals surface area contributed by atoms with E-state index in [1.165, 1.54) is 20.0 Å². The number of aromatic nitrogens is 2. The van der Waals surface area contributed by atoms with Crippen LogP contribution in [-0.2, 0) is 14.3 Å². The molecular weight excluding hydrogens is 351 g/mol. The Morgan fingerprint density at radius 3 is 2.76 bits per heavy atom. The molecule has 2 aliphatic rings. The van der Waals surface area contributed by atoms with Crippen molar-refractivity contribution in [3.05, 3.63) is 31.5 Å². The van der Waals surface area contributed by atoms with Gasteiger partial charge in [0.2, 0.25) is 0 Å². The van der Waals surface area contributed by atoms with Gasteiger partial charge >= 0.3 is 11.7 Å². The van der Waals surface area contributed by atoms with Gasteiger partial charge in [0, 0.05) is 13.1 Å². The van der Waals surface area contributed by atoms with Crippen LogP contribution in [0.3, 0.4) is 0 Å². The van der Waals surface area contributed by atoms with Crippen molar-refractivity contribution in [3.8, 4) is 0 Å². The first-order valence-corrected chi connectivity index (χ1v) is 7.05. The van der Waals surface area contributed by atoms with Gasteiger partial charge in [0.15, 0.2) is 11.9 Å². The standard InChI is InChI=1S/C12H12BrFN2O5/c1-4(17)20-7-6-8(7)21-10(12(6,2)14)16-3-5(13)9(18)15-11(16)19/h3,6-8,10H,1-2H3,(H,15,18,19). The molecule has 2 fully saturated rings. The van der Waals surface area contributed by atoms with Crippen LogP contribution in [0.4, 0.5) is 4.39 Å². The number of H-pyrrole nitrogens is 1. The van der Waals surface area contributed by atoms with E-state index in [9.17, 15) is 18.8 Å². The number of fused-ring (bicyclic) bond motifs is 1. The third-order valence-electron chi connectivity index (χ3n) is 3.79. The maximum Gasteiger partial charge on any atom is 0.330 e. The Kier molecular flexibility index (Phi) is 3.10. The molecule has 5 unspecified atom stereocenters. The first-order chi connectivity index (χ1) is 9.73. The summed E-state index contributed by atoms with van der Waals surface area (Å²) in [5.41, 5.74) is -3.26. The number of alkyl halides is 1. The molecule has 1 aliphatic carbocycles. The molecular formula is C12H12BrFN2O5. The van der Waals surface area contributed by atoms with Crippen molar-refractivity contribution in [3.63, 3.8) is 0 Å². The fraction of sp³-hybridized carbons (Fsp3) is 0.583. The molecule has 0 radical (unpaired) electrons. The van der Waals surface area contributed by atoms with E-state index in [0.717, 1.165) is 4.57 Å². The summed E-state index contributed by atoms with van der Waals surface area (Å²) in [5.74, 6) is -1.13. The smallest absolute Gasteiger partial charge is 0.330 e. The number of hydrogen-bond acceptors (Lipinski definition) is 5. The zero-order valence-electron chi connectivity index (χ0n) is 11.1. The molecule has 1 aromatic heterocycles. The second kappa shape index (κ2) is 4.51. The lowest BCUT2D eigenvalue weighted by Crippen LogP contribution is -2.42. The van der Waals surface area contributed by atoms with Crippen molar-refractivity contribution in [2.75, 3.05) is 0 Å². The van der Waals surface area contributed by atoms with Crippen molar-refractivity contribution < 1.29 is 18.7 Å². The molecule has 0 bridgehead atoms. The quantitative estimate of drug-likeness (QED) is 0.773. The highest BCUT2D eigenvalue weighted by atomic mass is 79.9. The van der Waals surface area contributed by atoms with Gasteiger partial charge in [-0.05, 0) is 22.9 Å². The number of rotatable bonds is 2. The van der Waals surface area contributed by atoms with Crippen molar-refractivity contribution in [1.29, 1.82) is 0 Å². The molecule has 7 nitrogen and oxygen atoms in total. The Morgan fingerprint density at radius 2 is 2.24 bits per heavy atom. The second-order valence-electron chi connectivity index (χ2n) is 5.35. The van der Waals surface area contributed by atoms with Crippen LogP contribution >= 0.6 is 15.9 Å². The predicted molar refractivity (Wildman–Crippen MR) is 71.5 cm³/mol. The fourth-order valence-corrected chi connectivity index (χ4v) is 3.13. The summed E-state index contributed by atoms with van der Waals surface area (Å²) in [6, 6.07) is 0. The Bertz CT molecular complexity index is 727. The lowest BCUT2D eigenvalue weighted by atomic mass is 10.0. The van der Waals surface area contributed by atoms with Gasteiger partial charge in [-0.3, -0.25) is 19.1 Å². The maximum absolute atomic E-state index is 14.9. The average molecular weight is 363 g/mol. The molecule has 21 heavy (non-hydrogen) atoms. The zero-order chi connectivity index (χ0) is 15.5. The SMILES string of the molecule is CC(=O)OC1C2OC(n3cc(Br)c(=O)[nH]c3=O)C(C)(F)C12. The van der Waals surface area contributed by atoms with E-state index in [0.29, 0.717) is 0 Å². The average Bonchev–Trinajstić information content (AvgIpc) is 2.95. The van der Waals surface area contributed by atoms with E-state index in [-0.39, 0.29) is 4.47 Å². The summed E-state index contributed by atoms with van der Waals surface area (Å²) in [6.45, 7) is 2.53. The third-order valence-corrected chi connectivity index (χ3v) is 4.36. The highest BCUT2D eigenvalue weighted by Crippen LogP contribution is 2.59. The van der Waals surface area contributed by atoms with Gasteiger partial charge in [-0.2, -0.15) is 0 Å². The minimum atomic E-state index is -1.90. The minimum Gasteiger partial charge on any atom is -0.459 e. The summed E-state index contributed by atoms with van der Waals surface area (Å²) in [5, 5.41) is 0. The topological polar surface area (TPSA) is 90.4 Å². The Labute approximate surface area is 126 Å². The second-order valence-corrected chi connectivity index (χ2v) is 6.20. The number of carbonyl (C=O) groups is 1. The number of hydrogen-bond donors (Lipinski definition) is 1. The first kappa shape index (κ1) is 14.5. The van der Waals surface area contributed by atoms with Gasteiger partial charge in [-0.15, -0.1) is 0 Å². The number of esters is 1. The van der Waals surface area contributed by atoms with E-state index < -0.39 is 47.2 Å². The number of carbonyl (C=O) groups excluding carboxylic acids is 1. The summed E-state index contributed by atoms with van der Waals surface area (Å²) in [7, 11) is 0. The number of ether oxygens (including phenoxy) is 2. The monoisotopic (exact) mass is 362 g/mol. The molecule has 5 atom stereocenters. The van der Waals surface area contributed by atoms with E-state index in [4.69, 9.17) is 9.47 Å². The highest BCUT2D eigenvalue weighted by molar-refractivity contribution is 9.10. The van der Waals surface area contributed by atoms with Crippen LogP contribution in [0, 0.1) is 5.92 Å². The molecule has 0 aromatic carbocycles. The number of halogens is 2. The molecule has 114 valence electrons. The Morgan fingerprint density at radius 1 is 1.57 bits per heavy atom. The van der Waals surface area contributed by atoms with Crippen LogP contribution in [0.15, 0.2) is 20.3 Å².